The van der Waals surface area contributed by atoms with Crippen LogP contribution in [0.25, 0.3) is 22.1 Å². The Morgan fingerprint density at radius 1 is 1.00 bits per heavy atom. The summed E-state index contributed by atoms with van der Waals surface area (Å²) in [7, 11) is 0. The molecule has 4 rings (SSSR count). The van der Waals surface area contributed by atoms with Crippen LogP contribution in [-0.4, -0.2) is 12.5 Å². The fourth-order valence-electron chi connectivity index (χ4n) is 3.27. The summed E-state index contributed by atoms with van der Waals surface area (Å²) in [6.07, 6.45) is -4.99. The summed E-state index contributed by atoms with van der Waals surface area (Å²) in [6.45, 7) is -0.446. The van der Waals surface area contributed by atoms with Gasteiger partial charge in [-0.05, 0) is 64.0 Å². The number of fused-ring (bicyclic) bond motifs is 1. The molecule has 180 valence electrons. The Hall–Kier alpha value is -3.18. The van der Waals surface area contributed by atoms with Crippen molar-refractivity contribution in [2.24, 2.45) is 0 Å². The molecule has 0 aliphatic rings. The molecule has 1 heterocycles. The molecular weight excluding hydrogens is 602 g/mol. The first-order chi connectivity index (χ1) is 16.5. The second-order valence-electron chi connectivity index (χ2n) is 7.26. The largest absolute Gasteiger partial charge is 0.484 e. The fourth-order valence-corrected chi connectivity index (χ4v) is 4.41. The van der Waals surface area contributed by atoms with Crippen molar-refractivity contribution in [2.45, 2.75) is 6.18 Å². The minimum atomic E-state index is -4.99. The maximum absolute atomic E-state index is 13.7. The summed E-state index contributed by atoms with van der Waals surface area (Å²) in [5.74, 6) is -2.67. The average molecular weight is 615 g/mol. The highest BCUT2D eigenvalue weighted by molar-refractivity contribution is 9.11. The molecule has 1 aromatic heterocycles. The molecule has 0 atom stereocenters. The number of nitrogens with one attached hydrogen (secondary N) is 1. The van der Waals surface area contributed by atoms with Crippen molar-refractivity contribution < 1.29 is 31.5 Å². The van der Waals surface area contributed by atoms with E-state index in [1.165, 1.54) is 12.1 Å². The second-order valence-corrected chi connectivity index (χ2v) is 9.03. The summed E-state index contributed by atoms with van der Waals surface area (Å²) in [5, 5.41) is 2.50. The third kappa shape index (κ3) is 5.57. The lowest BCUT2D eigenvalue weighted by molar-refractivity contribution is -0.152. The zero-order chi connectivity index (χ0) is 25.3. The molecule has 0 unspecified atom stereocenters. The molecule has 35 heavy (non-hydrogen) atoms. The molecule has 5 nitrogen and oxygen atoms in total. The van der Waals surface area contributed by atoms with Crippen LogP contribution in [0.5, 0.6) is 5.75 Å². The van der Waals surface area contributed by atoms with Crippen molar-refractivity contribution in [2.75, 3.05) is 11.9 Å². The number of carbonyl (C=O) groups excluding carboxylic acids is 1. The molecule has 0 fully saturated rings. The van der Waals surface area contributed by atoms with E-state index < -0.39 is 41.3 Å². The van der Waals surface area contributed by atoms with Gasteiger partial charge in [0.2, 0.25) is 11.2 Å². The molecule has 1 amide bonds. The van der Waals surface area contributed by atoms with Gasteiger partial charge >= 0.3 is 6.18 Å². The molecule has 0 spiro atoms. The van der Waals surface area contributed by atoms with Gasteiger partial charge in [0.05, 0.1) is 16.6 Å². The number of rotatable bonds is 5. The van der Waals surface area contributed by atoms with Crippen molar-refractivity contribution in [1.82, 2.24) is 0 Å². The number of benzene rings is 3. The van der Waals surface area contributed by atoms with E-state index in [0.717, 1.165) is 34.8 Å². The summed E-state index contributed by atoms with van der Waals surface area (Å²) in [5.41, 5.74) is -1.67. The normalized spacial score (nSPS) is 11.5. The number of ether oxygens (including phenoxy) is 1. The topological polar surface area (TPSA) is 68.5 Å². The predicted molar refractivity (Wildman–Crippen MR) is 129 cm³/mol. The van der Waals surface area contributed by atoms with Gasteiger partial charge in [-0.2, -0.15) is 13.2 Å². The van der Waals surface area contributed by atoms with Crippen LogP contribution in [0.15, 0.2) is 78.8 Å². The molecule has 0 bridgehead atoms. The first-order valence-electron chi connectivity index (χ1n) is 9.84. The smallest absolute Gasteiger partial charge is 0.450 e. The Balaban J connectivity index is 1.63. The van der Waals surface area contributed by atoms with Crippen LogP contribution in [-0.2, 0) is 11.0 Å². The summed E-state index contributed by atoms with van der Waals surface area (Å²) >= 11 is 6.62. The van der Waals surface area contributed by atoms with Gasteiger partial charge in [-0.3, -0.25) is 9.59 Å². The lowest BCUT2D eigenvalue weighted by Crippen LogP contribution is -2.20. The first-order valence-corrected chi connectivity index (χ1v) is 11.4. The van der Waals surface area contributed by atoms with E-state index in [1.807, 2.05) is 0 Å². The minimum Gasteiger partial charge on any atom is -0.484 e. The van der Waals surface area contributed by atoms with Crippen molar-refractivity contribution in [3.05, 3.63) is 91.4 Å². The molecule has 1 N–H and O–H groups in total. The van der Waals surface area contributed by atoms with Crippen LogP contribution in [0.4, 0.5) is 23.2 Å². The lowest BCUT2D eigenvalue weighted by atomic mass is 10.0. The van der Waals surface area contributed by atoms with Crippen LogP contribution in [0, 0.1) is 5.82 Å². The number of hydrogen-bond donors (Lipinski definition) is 1. The van der Waals surface area contributed by atoms with Gasteiger partial charge in [0, 0.05) is 15.0 Å². The number of halogens is 6. The zero-order valence-corrected chi connectivity index (χ0v) is 20.6. The highest BCUT2D eigenvalue weighted by atomic mass is 79.9. The van der Waals surface area contributed by atoms with E-state index in [9.17, 15) is 27.2 Å². The first kappa shape index (κ1) is 24.9. The Morgan fingerprint density at radius 3 is 2.37 bits per heavy atom. The molecule has 0 saturated heterocycles. The quantitative estimate of drug-likeness (QED) is 0.242. The molecule has 0 saturated carbocycles. The van der Waals surface area contributed by atoms with Crippen molar-refractivity contribution in [3.63, 3.8) is 0 Å². The molecule has 4 aromatic rings. The average Bonchev–Trinajstić information content (AvgIpc) is 2.79. The highest BCUT2D eigenvalue weighted by Gasteiger charge is 2.39. The SMILES string of the molecule is O=C(COc1ccc2c(=O)c(-c3ccc(F)cc3)c(C(F)(F)F)oc2c1)Nc1ccc(Br)cc1Br. The Bertz CT molecular complexity index is 1480. The van der Waals surface area contributed by atoms with Gasteiger partial charge in [0.25, 0.3) is 5.91 Å². The van der Waals surface area contributed by atoms with Crippen LogP contribution in [0.1, 0.15) is 5.76 Å². The van der Waals surface area contributed by atoms with E-state index in [-0.39, 0.29) is 22.3 Å². The third-order valence-electron chi connectivity index (χ3n) is 4.83. The molecular formula is C24H13Br2F4NO4. The van der Waals surface area contributed by atoms with E-state index in [4.69, 9.17) is 9.15 Å². The fraction of sp³-hybridized carbons (Fsp3) is 0.0833. The highest BCUT2D eigenvalue weighted by Crippen LogP contribution is 2.38. The number of amides is 1. The van der Waals surface area contributed by atoms with Crippen LogP contribution in [0.3, 0.4) is 0 Å². The van der Waals surface area contributed by atoms with Crippen LogP contribution < -0.4 is 15.5 Å². The Morgan fingerprint density at radius 2 is 1.71 bits per heavy atom. The van der Waals surface area contributed by atoms with Gasteiger partial charge < -0.3 is 14.5 Å². The van der Waals surface area contributed by atoms with E-state index in [0.29, 0.717) is 10.2 Å². The maximum Gasteiger partial charge on any atom is 0.450 e. The van der Waals surface area contributed by atoms with E-state index >= 15 is 0 Å². The maximum atomic E-state index is 13.7. The Labute approximate surface area is 212 Å². The number of carbonyl (C=O) groups is 1. The summed E-state index contributed by atoms with van der Waals surface area (Å²) < 4.78 is 66.4. The molecule has 0 radical (unpaired) electrons. The molecule has 0 aliphatic heterocycles. The third-order valence-corrected chi connectivity index (χ3v) is 5.98. The van der Waals surface area contributed by atoms with E-state index in [2.05, 4.69) is 37.2 Å². The van der Waals surface area contributed by atoms with Gasteiger partial charge in [-0.1, -0.05) is 28.1 Å². The van der Waals surface area contributed by atoms with Crippen LogP contribution >= 0.6 is 31.9 Å². The van der Waals surface area contributed by atoms with Crippen molar-refractivity contribution in [1.29, 1.82) is 0 Å². The van der Waals surface area contributed by atoms with Crippen molar-refractivity contribution in [3.8, 4) is 16.9 Å². The van der Waals surface area contributed by atoms with Gasteiger partial charge in [0.1, 0.15) is 17.1 Å². The van der Waals surface area contributed by atoms with Gasteiger partial charge in [-0.25, -0.2) is 4.39 Å². The molecule has 11 heteroatoms. The zero-order valence-electron chi connectivity index (χ0n) is 17.4. The van der Waals surface area contributed by atoms with E-state index in [1.54, 1.807) is 18.2 Å². The van der Waals surface area contributed by atoms with Gasteiger partial charge in [0.15, 0.2) is 6.61 Å². The monoisotopic (exact) mass is 613 g/mol. The Kier molecular flexibility index (Phi) is 7.00. The standard InChI is InChI=1S/C24H13Br2F4NO4/c25-13-3-8-18(17(26)9-13)31-20(32)11-34-15-6-7-16-19(10-15)35-23(24(28,29)30)21(22(16)33)12-1-4-14(27)5-2-12/h1-10H,11H2,(H,31,32). The molecule has 0 aliphatic carbocycles. The number of anilines is 1. The summed E-state index contributed by atoms with van der Waals surface area (Å²) in [4.78, 5) is 25.2. The van der Waals surface area contributed by atoms with Gasteiger partial charge in [-0.15, -0.1) is 0 Å². The minimum absolute atomic E-state index is 0.0216. The van der Waals surface area contributed by atoms with Crippen LogP contribution in [0.2, 0.25) is 0 Å². The second kappa shape index (κ2) is 9.82. The van der Waals surface area contributed by atoms with Crippen molar-refractivity contribution >= 4 is 54.4 Å². The number of hydrogen-bond acceptors (Lipinski definition) is 4. The lowest BCUT2D eigenvalue weighted by Gasteiger charge is -2.13. The predicted octanol–water partition coefficient (Wildman–Crippen LogP) is 7.16. The number of alkyl halides is 3. The summed E-state index contributed by atoms with van der Waals surface area (Å²) in [6, 6.07) is 12.9. The molecule has 3 aromatic carbocycles.